The van der Waals surface area contributed by atoms with E-state index >= 15 is 0 Å². The molecule has 0 saturated carbocycles. The number of carbonyl (C=O) groups is 2. The summed E-state index contributed by atoms with van der Waals surface area (Å²) in [5.41, 5.74) is -1.95. The summed E-state index contributed by atoms with van der Waals surface area (Å²) in [5.74, 6) is -0.364. The van der Waals surface area contributed by atoms with E-state index in [0.717, 1.165) is 12.8 Å². The van der Waals surface area contributed by atoms with Crippen molar-refractivity contribution in [2.24, 2.45) is 0 Å². The van der Waals surface area contributed by atoms with Gasteiger partial charge in [-0.15, -0.1) is 0 Å². The second-order valence-corrected chi connectivity index (χ2v) is 6.02. The lowest BCUT2D eigenvalue weighted by Crippen LogP contribution is -2.46. The fourth-order valence-corrected chi connectivity index (χ4v) is 2.47. The predicted octanol–water partition coefficient (Wildman–Crippen LogP) is -0.218. The number of nitrogens with one attached hydrogen (secondary N) is 4. The summed E-state index contributed by atoms with van der Waals surface area (Å²) in [6.45, 7) is 5.41. The number of aryl methyl sites for hydroxylation is 2. The first-order chi connectivity index (χ1) is 12.8. The Morgan fingerprint density at radius 3 is 2.52 bits per heavy atom. The van der Waals surface area contributed by atoms with E-state index in [4.69, 9.17) is 4.42 Å². The van der Waals surface area contributed by atoms with Crippen molar-refractivity contribution in [2.45, 2.75) is 46.1 Å². The Morgan fingerprint density at radius 2 is 1.93 bits per heavy atom. The fourth-order valence-electron chi connectivity index (χ4n) is 2.47. The van der Waals surface area contributed by atoms with Gasteiger partial charge in [-0.25, -0.2) is 14.9 Å². The maximum Gasteiger partial charge on any atom is 0.342 e. The number of hydrogen-bond acceptors (Lipinski definition) is 7. The molecular formula is C16H22N6O5. The molecule has 2 aromatic heterocycles. The van der Waals surface area contributed by atoms with Crippen LogP contribution < -0.4 is 21.9 Å². The van der Waals surface area contributed by atoms with Gasteiger partial charge >= 0.3 is 5.69 Å². The average molecular weight is 378 g/mol. The van der Waals surface area contributed by atoms with Gasteiger partial charge in [-0.3, -0.25) is 19.4 Å². The standard InChI is InChI=1S/C16H22N6O5/c1-4-5-6-10(7-17-13(23)11-8(2)27-9(3)18-11)19-14(24)12-15(25)20-16(26)22-21-12/h10H,4-7H2,1-3H3,(H,17,23)(H,19,24)(H2,20,22,25,26). The summed E-state index contributed by atoms with van der Waals surface area (Å²) >= 11 is 0. The molecule has 0 bridgehead atoms. The molecule has 2 heterocycles. The van der Waals surface area contributed by atoms with Gasteiger partial charge in [0, 0.05) is 19.5 Å². The van der Waals surface area contributed by atoms with Crippen molar-refractivity contribution >= 4 is 11.8 Å². The molecule has 0 aliphatic carbocycles. The number of hydrogen-bond donors (Lipinski definition) is 4. The van der Waals surface area contributed by atoms with Gasteiger partial charge in [0.05, 0.1) is 0 Å². The first-order valence-electron chi connectivity index (χ1n) is 8.54. The Kier molecular flexibility index (Phi) is 6.63. The molecule has 0 aromatic carbocycles. The van der Waals surface area contributed by atoms with E-state index in [2.05, 4.69) is 20.7 Å². The van der Waals surface area contributed by atoms with E-state index in [1.165, 1.54) is 0 Å². The molecule has 27 heavy (non-hydrogen) atoms. The van der Waals surface area contributed by atoms with Gasteiger partial charge in [-0.2, -0.15) is 5.10 Å². The van der Waals surface area contributed by atoms with Crippen molar-refractivity contribution in [3.63, 3.8) is 0 Å². The largest absolute Gasteiger partial charge is 0.445 e. The highest BCUT2D eigenvalue weighted by Crippen LogP contribution is 2.09. The molecule has 0 aliphatic heterocycles. The fraction of sp³-hybridized carbons (Fsp3) is 0.500. The molecule has 0 saturated heterocycles. The molecule has 11 heteroatoms. The van der Waals surface area contributed by atoms with Crippen LogP contribution in [0.25, 0.3) is 0 Å². The third-order valence-electron chi connectivity index (χ3n) is 3.80. The Bertz CT molecular complexity index is 928. The Balaban J connectivity index is 2.04. The van der Waals surface area contributed by atoms with Crippen molar-refractivity contribution in [1.82, 2.24) is 30.8 Å². The van der Waals surface area contributed by atoms with Gasteiger partial charge < -0.3 is 15.1 Å². The Labute approximate surface area is 154 Å². The van der Waals surface area contributed by atoms with Crippen LogP contribution >= 0.6 is 0 Å². The molecule has 0 aliphatic rings. The van der Waals surface area contributed by atoms with Crippen molar-refractivity contribution in [3.8, 4) is 0 Å². The smallest absolute Gasteiger partial charge is 0.342 e. The van der Waals surface area contributed by atoms with Gasteiger partial charge in [0.2, 0.25) is 5.69 Å². The van der Waals surface area contributed by atoms with Gasteiger partial charge in [0.25, 0.3) is 17.4 Å². The number of aromatic nitrogens is 4. The number of oxazole rings is 1. The summed E-state index contributed by atoms with van der Waals surface area (Å²) in [4.78, 5) is 53.2. The normalized spacial score (nSPS) is 11.8. The zero-order valence-corrected chi connectivity index (χ0v) is 15.3. The van der Waals surface area contributed by atoms with Gasteiger partial charge in [-0.1, -0.05) is 19.8 Å². The molecule has 1 atom stereocenters. The van der Waals surface area contributed by atoms with Crippen molar-refractivity contribution in [2.75, 3.05) is 6.54 Å². The minimum atomic E-state index is -0.886. The summed E-state index contributed by atoms with van der Waals surface area (Å²) < 4.78 is 5.24. The SMILES string of the molecule is CCCCC(CNC(=O)c1nc(C)oc1C)NC(=O)c1n[nH]c(=O)[nH]c1=O. The zero-order chi connectivity index (χ0) is 20.0. The highest BCUT2D eigenvalue weighted by molar-refractivity contribution is 5.93. The third kappa shape index (κ3) is 5.36. The maximum absolute atomic E-state index is 12.3. The molecule has 146 valence electrons. The molecule has 1 unspecified atom stereocenters. The summed E-state index contributed by atoms with van der Waals surface area (Å²) in [5, 5.41) is 10.8. The molecule has 4 N–H and O–H groups in total. The number of nitrogens with zero attached hydrogens (tertiary/aromatic N) is 2. The molecule has 2 rings (SSSR count). The second kappa shape index (κ2) is 8.92. The van der Waals surface area contributed by atoms with Gasteiger partial charge in [0.15, 0.2) is 11.6 Å². The second-order valence-electron chi connectivity index (χ2n) is 6.02. The van der Waals surface area contributed by atoms with Crippen LogP contribution in [0.3, 0.4) is 0 Å². The van der Waals surface area contributed by atoms with E-state index < -0.39 is 34.8 Å². The van der Waals surface area contributed by atoms with Crippen molar-refractivity contribution in [3.05, 3.63) is 43.9 Å². The maximum atomic E-state index is 12.3. The quantitative estimate of drug-likeness (QED) is 0.493. The molecule has 2 aromatic rings. The summed E-state index contributed by atoms with van der Waals surface area (Å²) in [6.07, 6.45) is 2.28. The van der Waals surface area contributed by atoms with Crippen molar-refractivity contribution < 1.29 is 14.0 Å². The van der Waals surface area contributed by atoms with Crippen molar-refractivity contribution in [1.29, 1.82) is 0 Å². The highest BCUT2D eigenvalue weighted by Gasteiger charge is 2.20. The van der Waals surface area contributed by atoms with Crippen LogP contribution in [0, 0.1) is 13.8 Å². The van der Waals surface area contributed by atoms with E-state index in [-0.39, 0.29) is 12.2 Å². The number of rotatable bonds is 8. The van der Waals surface area contributed by atoms with E-state index in [9.17, 15) is 19.2 Å². The highest BCUT2D eigenvalue weighted by atomic mass is 16.4. The monoisotopic (exact) mass is 378 g/mol. The number of amides is 2. The average Bonchev–Trinajstić information content (AvgIpc) is 2.95. The molecule has 0 fully saturated rings. The van der Waals surface area contributed by atoms with Crippen LogP contribution in [0.15, 0.2) is 14.0 Å². The van der Waals surface area contributed by atoms with Crippen LogP contribution in [0.2, 0.25) is 0 Å². The lowest BCUT2D eigenvalue weighted by Gasteiger charge is -2.18. The Hall–Kier alpha value is -3.24. The first kappa shape index (κ1) is 20.1. The molecule has 0 spiro atoms. The molecule has 11 nitrogen and oxygen atoms in total. The minimum Gasteiger partial charge on any atom is -0.445 e. The number of carbonyl (C=O) groups excluding carboxylic acids is 2. The van der Waals surface area contributed by atoms with Crippen LogP contribution in [-0.2, 0) is 0 Å². The molecule has 2 amide bonds. The van der Waals surface area contributed by atoms with E-state index in [1.54, 1.807) is 13.8 Å². The summed E-state index contributed by atoms with van der Waals surface area (Å²) in [7, 11) is 0. The van der Waals surface area contributed by atoms with E-state index in [1.807, 2.05) is 17.0 Å². The summed E-state index contributed by atoms with van der Waals surface area (Å²) in [6, 6.07) is -0.428. The predicted molar refractivity (Wildman–Crippen MR) is 94.6 cm³/mol. The lowest BCUT2D eigenvalue weighted by molar-refractivity contribution is 0.0898. The van der Waals surface area contributed by atoms with Gasteiger partial charge in [0.1, 0.15) is 5.76 Å². The lowest BCUT2D eigenvalue weighted by atomic mass is 10.1. The zero-order valence-electron chi connectivity index (χ0n) is 15.3. The number of unbranched alkanes of at least 4 members (excludes halogenated alkanes) is 1. The molecule has 0 radical (unpaired) electrons. The number of aromatic amines is 2. The number of H-pyrrole nitrogens is 2. The first-order valence-corrected chi connectivity index (χ1v) is 8.54. The van der Waals surface area contributed by atoms with Gasteiger partial charge in [-0.05, 0) is 13.3 Å². The van der Waals surface area contributed by atoms with E-state index in [0.29, 0.717) is 18.1 Å². The van der Waals surface area contributed by atoms with Crippen LogP contribution in [0.5, 0.6) is 0 Å². The van der Waals surface area contributed by atoms with Crippen LogP contribution in [0.4, 0.5) is 0 Å². The minimum absolute atomic E-state index is 0.136. The van der Waals surface area contributed by atoms with Crippen LogP contribution in [0.1, 0.15) is 58.8 Å². The topological polar surface area (TPSA) is 163 Å². The van der Waals surface area contributed by atoms with Crippen LogP contribution in [-0.4, -0.2) is 44.6 Å². The molecular weight excluding hydrogens is 356 g/mol. The Morgan fingerprint density at radius 1 is 1.19 bits per heavy atom. The third-order valence-corrected chi connectivity index (χ3v) is 3.80.